The lowest BCUT2D eigenvalue weighted by molar-refractivity contribution is -0.137. The van der Waals surface area contributed by atoms with Crippen LogP contribution in [0.2, 0.25) is 0 Å². The highest BCUT2D eigenvalue weighted by Gasteiger charge is 2.00. The van der Waals surface area contributed by atoms with E-state index in [1.807, 2.05) is 30.4 Å². The predicted molar refractivity (Wildman–Crippen MR) is 108 cm³/mol. The number of aliphatic carboxylic acids is 1. The quantitative estimate of drug-likeness (QED) is 0.189. The van der Waals surface area contributed by atoms with Gasteiger partial charge in [-0.3, -0.25) is 4.79 Å². The molecule has 0 rings (SSSR count). The van der Waals surface area contributed by atoms with E-state index in [1.54, 1.807) is 6.08 Å². The van der Waals surface area contributed by atoms with Crippen LogP contribution in [0.4, 0.5) is 0 Å². The molecule has 0 saturated heterocycles. The van der Waals surface area contributed by atoms with Crippen molar-refractivity contribution in [3.63, 3.8) is 0 Å². The van der Waals surface area contributed by atoms with Crippen molar-refractivity contribution in [3.05, 3.63) is 36.5 Å². The molecule has 4 heteroatoms. The largest absolute Gasteiger partial charge is 0.481 e. The van der Waals surface area contributed by atoms with Gasteiger partial charge in [-0.1, -0.05) is 75.5 Å². The molecule has 0 saturated carbocycles. The SMILES string of the molecule is CCCCCCC(O)C/C=C\C=C/C(O)C/C=C\CCCCCC(=O)O. The molecule has 0 aromatic rings. The Morgan fingerprint density at radius 2 is 1.65 bits per heavy atom. The fraction of sp³-hybridized carbons (Fsp3) is 0.682. The van der Waals surface area contributed by atoms with Crippen molar-refractivity contribution in [1.82, 2.24) is 0 Å². The molecule has 0 aromatic heterocycles. The van der Waals surface area contributed by atoms with Crippen LogP contribution in [0.15, 0.2) is 36.5 Å². The fourth-order valence-corrected chi connectivity index (χ4v) is 2.58. The monoisotopic (exact) mass is 366 g/mol. The summed E-state index contributed by atoms with van der Waals surface area (Å²) in [6, 6.07) is 0. The molecule has 0 aromatic carbocycles. The van der Waals surface area contributed by atoms with Crippen LogP contribution < -0.4 is 0 Å². The van der Waals surface area contributed by atoms with Crippen LogP contribution in [-0.2, 0) is 4.79 Å². The topological polar surface area (TPSA) is 77.8 Å². The van der Waals surface area contributed by atoms with Crippen LogP contribution in [0.5, 0.6) is 0 Å². The van der Waals surface area contributed by atoms with Gasteiger partial charge in [-0.2, -0.15) is 0 Å². The van der Waals surface area contributed by atoms with Crippen LogP contribution in [0.3, 0.4) is 0 Å². The summed E-state index contributed by atoms with van der Waals surface area (Å²) in [5, 5.41) is 28.2. The molecule has 0 aliphatic carbocycles. The first-order valence-corrected chi connectivity index (χ1v) is 10.1. The van der Waals surface area contributed by atoms with Crippen LogP contribution in [0.25, 0.3) is 0 Å². The molecule has 2 atom stereocenters. The van der Waals surface area contributed by atoms with Crippen molar-refractivity contribution in [3.8, 4) is 0 Å². The standard InChI is InChI=1S/C22H38O4/c1-2-3-4-10-15-20(23)17-12-9-13-18-21(24)16-11-7-5-6-8-14-19-22(25)26/h7,9,11-13,18,20-21,23-24H,2-6,8,10,14-17,19H2,1H3,(H,25,26)/b11-7-,12-9-,18-13-. The number of hydrogen-bond donors (Lipinski definition) is 3. The van der Waals surface area contributed by atoms with E-state index in [1.165, 1.54) is 19.3 Å². The van der Waals surface area contributed by atoms with Crippen molar-refractivity contribution < 1.29 is 20.1 Å². The van der Waals surface area contributed by atoms with Crippen LogP contribution in [0.1, 0.15) is 84.0 Å². The molecule has 26 heavy (non-hydrogen) atoms. The second-order valence-electron chi connectivity index (χ2n) is 6.82. The first kappa shape index (κ1) is 24.6. The highest BCUT2D eigenvalue weighted by Crippen LogP contribution is 2.08. The van der Waals surface area contributed by atoms with E-state index in [9.17, 15) is 15.0 Å². The molecular formula is C22H38O4. The van der Waals surface area contributed by atoms with Crippen LogP contribution in [0, 0.1) is 0 Å². The highest BCUT2D eigenvalue weighted by atomic mass is 16.4. The molecule has 0 heterocycles. The van der Waals surface area contributed by atoms with E-state index in [0.717, 1.165) is 38.5 Å². The molecule has 3 N–H and O–H groups in total. The van der Waals surface area contributed by atoms with Crippen LogP contribution >= 0.6 is 0 Å². The second kappa shape index (κ2) is 18.4. The Morgan fingerprint density at radius 1 is 0.885 bits per heavy atom. The van der Waals surface area contributed by atoms with Gasteiger partial charge in [0.1, 0.15) is 0 Å². The number of allylic oxidation sites excluding steroid dienone is 3. The first-order chi connectivity index (χ1) is 12.6. The predicted octanol–water partition coefficient (Wildman–Crippen LogP) is 5.16. The highest BCUT2D eigenvalue weighted by molar-refractivity contribution is 5.66. The molecule has 0 aliphatic rings. The van der Waals surface area contributed by atoms with Gasteiger partial charge in [-0.25, -0.2) is 0 Å². The molecule has 150 valence electrons. The zero-order valence-electron chi connectivity index (χ0n) is 16.4. The smallest absolute Gasteiger partial charge is 0.303 e. The van der Waals surface area contributed by atoms with Gasteiger partial charge in [-0.05, 0) is 38.5 Å². The van der Waals surface area contributed by atoms with Gasteiger partial charge in [0.25, 0.3) is 0 Å². The maximum Gasteiger partial charge on any atom is 0.303 e. The Labute approximate surface area is 159 Å². The van der Waals surface area contributed by atoms with E-state index in [2.05, 4.69) is 6.92 Å². The zero-order chi connectivity index (χ0) is 19.5. The Hall–Kier alpha value is -1.39. The minimum absolute atomic E-state index is 0.247. The van der Waals surface area contributed by atoms with Gasteiger partial charge >= 0.3 is 5.97 Å². The molecule has 4 nitrogen and oxygen atoms in total. The summed E-state index contributed by atoms with van der Waals surface area (Å²) in [7, 11) is 0. The third kappa shape index (κ3) is 18.9. The number of carbonyl (C=O) groups is 1. The van der Waals surface area contributed by atoms with Gasteiger partial charge in [0.05, 0.1) is 12.2 Å². The van der Waals surface area contributed by atoms with E-state index in [0.29, 0.717) is 12.8 Å². The van der Waals surface area contributed by atoms with Crippen molar-refractivity contribution >= 4 is 5.97 Å². The van der Waals surface area contributed by atoms with E-state index in [4.69, 9.17) is 5.11 Å². The fourth-order valence-electron chi connectivity index (χ4n) is 2.58. The molecule has 0 spiro atoms. The third-order valence-electron chi connectivity index (χ3n) is 4.19. The van der Waals surface area contributed by atoms with Gasteiger partial charge in [0, 0.05) is 6.42 Å². The van der Waals surface area contributed by atoms with Gasteiger partial charge in [0.15, 0.2) is 0 Å². The first-order valence-electron chi connectivity index (χ1n) is 10.1. The Morgan fingerprint density at radius 3 is 2.38 bits per heavy atom. The molecule has 0 bridgehead atoms. The lowest BCUT2D eigenvalue weighted by atomic mass is 10.1. The number of aliphatic hydroxyl groups is 2. The molecule has 2 unspecified atom stereocenters. The maximum absolute atomic E-state index is 10.4. The van der Waals surface area contributed by atoms with Gasteiger partial charge in [0.2, 0.25) is 0 Å². The summed E-state index contributed by atoms with van der Waals surface area (Å²) in [4.78, 5) is 10.4. The average molecular weight is 367 g/mol. The lowest BCUT2D eigenvalue weighted by Gasteiger charge is -2.06. The van der Waals surface area contributed by atoms with E-state index in [-0.39, 0.29) is 12.5 Å². The summed E-state index contributed by atoms with van der Waals surface area (Å²) in [5.41, 5.74) is 0. The molecule has 0 aliphatic heterocycles. The van der Waals surface area contributed by atoms with E-state index < -0.39 is 12.1 Å². The summed E-state index contributed by atoms with van der Waals surface area (Å²) in [6.45, 7) is 2.18. The minimum atomic E-state index is -0.731. The maximum atomic E-state index is 10.4. The molecule has 0 fully saturated rings. The number of hydrogen-bond acceptors (Lipinski definition) is 3. The average Bonchev–Trinajstić information content (AvgIpc) is 2.60. The zero-order valence-corrected chi connectivity index (χ0v) is 16.4. The number of carboxylic acid groups (broad SMARTS) is 1. The van der Waals surface area contributed by atoms with Crippen LogP contribution in [-0.4, -0.2) is 33.5 Å². The molecule has 0 amide bonds. The lowest BCUT2D eigenvalue weighted by Crippen LogP contribution is -2.04. The van der Waals surface area contributed by atoms with Gasteiger partial charge < -0.3 is 15.3 Å². The van der Waals surface area contributed by atoms with Gasteiger partial charge in [-0.15, -0.1) is 0 Å². The normalized spacial score (nSPS) is 14.6. The minimum Gasteiger partial charge on any atom is -0.481 e. The summed E-state index contributed by atoms with van der Waals surface area (Å²) < 4.78 is 0. The number of unbranched alkanes of at least 4 members (excludes halogenated alkanes) is 6. The Kier molecular flexibility index (Phi) is 17.4. The Bertz CT molecular complexity index is 412. The van der Waals surface area contributed by atoms with E-state index >= 15 is 0 Å². The number of rotatable bonds is 17. The summed E-state index contributed by atoms with van der Waals surface area (Å²) in [6.07, 6.45) is 21.3. The summed E-state index contributed by atoms with van der Waals surface area (Å²) in [5.74, 6) is -0.731. The van der Waals surface area contributed by atoms with Crippen molar-refractivity contribution in [2.24, 2.45) is 0 Å². The Balaban J connectivity index is 3.64. The van der Waals surface area contributed by atoms with Crippen molar-refractivity contribution in [2.75, 3.05) is 0 Å². The van der Waals surface area contributed by atoms with Crippen molar-refractivity contribution in [1.29, 1.82) is 0 Å². The number of carboxylic acids is 1. The van der Waals surface area contributed by atoms with Crippen molar-refractivity contribution in [2.45, 2.75) is 96.2 Å². The summed E-state index contributed by atoms with van der Waals surface area (Å²) >= 11 is 0. The second-order valence-corrected chi connectivity index (χ2v) is 6.82. The third-order valence-corrected chi connectivity index (χ3v) is 4.19. The molecule has 0 radical (unpaired) electrons. The number of aliphatic hydroxyl groups excluding tert-OH is 2. The molecular weight excluding hydrogens is 328 g/mol.